The summed E-state index contributed by atoms with van der Waals surface area (Å²) >= 11 is 0. The molecule has 0 spiro atoms. The first-order valence-corrected chi connectivity index (χ1v) is 5.91. The van der Waals surface area contributed by atoms with Crippen LogP contribution in [0.3, 0.4) is 0 Å². The van der Waals surface area contributed by atoms with Gasteiger partial charge in [-0.25, -0.2) is 14.8 Å². The molecule has 0 aliphatic carbocycles. The quantitative estimate of drug-likeness (QED) is 0.607. The first-order valence-electron chi connectivity index (χ1n) is 5.91. The molecule has 1 rings (SSSR count). The van der Waals surface area contributed by atoms with Gasteiger partial charge in [0, 0.05) is 12.7 Å². The summed E-state index contributed by atoms with van der Waals surface area (Å²) in [5.41, 5.74) is 0.285. The fourth-order valence-corrected chi connectivity index (χ4v) is 1.21. The fraction of sp³-hybridized carbons (Fsp3) is 0.583. The van der Waals surface area contributed by atoms with Crippen LogP contribution in [0.5, 0.6) is 0 Å². The summed E-state index contributed by atoms with van der Waals surface area (Å²) in [6.07, 6.45) is 3.55. The van der Waals surface area contributed by atoms with Gasteiger partial charge >= 0.3 is 5.97 Å². The Labute approximate surface area is 102 Å². The lowest BCUT2D eigenvalue weighted by molar-refractivity contribution is 0.0371. The standard InChI is InChI=1S/C12H19N3O2/c1-4-5-7-13-12-14-8-6-10(15-12)11(16)17-9(2)3/h6,8-9H,4-5,7H2,1-3H3,(H,13,14,15). The van der Waals surface area contributed by atoms with Crippen LogP contribution in [0.2, 0.25) is 0 Å². The van der Waals surface area contributed by atoms with Gasteiger partial charge in [-0.2, -0.15) is 0 Å². The Morgan fingerprint density at radius 3 is 2.94 bits per heavy atom. The van der Waals surface area contributed by atoms with Crippen LogP contribution in [0.25, 0.3) is 0 Å². The highest BCUT2D eigenvalue weighted by atomic mass is 16.5. The average Bonchev–Trinajstić information content (AvgIpc) is 2.29. The van der Waals surface area contributed by atoms with Gasteiger partial charge in [0.15, 0.2) is 5.69 Å². The topological polar surface area (TPSA) is 64.1 Å². The summed E-state index contributed by atoms with van der Waals surface area (Å²) in [5, 5.41) is 3.06. The Morgan fingerprint density at radius 2 is 2.29 bits per heavy atom. The molecule has 0 atom stereocenters. The summed E-state index contributed by atoms with van der Waals surface area (Å²) in [7, 11) is 0. The Kier molecular flexibility index (Phi) is 5.39. The third kappa shape index (κ3) is 4.80. The largest absolute Gasteiger partial charge is 0.458 e. The van der Waals surface area contributed by atoms with Crippen molar-refractivity contribution in [3.8, 4) is 0 Å². The second-order valence-corrected chi connectivity index (χ2v) is 4.00. The molecule has 0 fully saturated rings. The van der Waals surface area contributed by atoms with Crippen LogP contribution in [0.15, 0.2) is 12.3 Å². The van der Waals surface area contributed by atoms with Gasteiger partial charge in [-0.1, -0.05) is 13.3 Å². The first-order chi connectivity index (χ1) is 8.13. The normalized spacial score (nSPS) is 10.4. The minimum absolute atomic E-state index is 0.144. The van der Waals surface area contributed by atoms with Crippen molar-refractivity contribution < 1.29 is 9.53 Å². The Morgan fingerprint density at radius 1 is 1.53 bits per heavy atom. The van der Waals surface area contributed by atoms with Crippen molar-refractivity contribution in [2.24, 2.45) is 0 Å². The molecular formula is C12H19N3O2. The van der Waals surface area contributed by atoms with Crippen molar-refractivity contribution in [1.82, 2.24) is 9.97 Å². The van der Waals surface area contributed by atoms with Gasteiger partial charge in [-0.3, -0.25) is 0 Å². The van der Waals surface area contributed by atoms with Crippen LogP contribution in [0.4, 0.5) is 5.95 Å². The predicted octanol–water partition coefficient (Wildman–Crippen LogP) is 2.25. The van der Waals surface area contributed by atoms with Crippen molar-refractivity contribution in [3.05, 3.63) is 18.0 Å². The van der Waals surface area contributed by atoms with Crippen molar-refractivity contribution >= 4 is 11.9 Å². The van der Waals surface area contributed by atoms with E-state index in [9.17, 15) is 4.79 Å². The van der Waals surface area contributed by atoms with Crippen molar-refractivity contribution in [1.29, 1.82) is 0 Å². The summed E-state index contributed by atoms with van der Waals surface area (Å²) < 4.78 is 5.06. The zero-order valence-corrected chi connectivity index (χ0v) is 10.6. The molecular weight excluding hydrogens is 218 g/mol. The van der Waals surface area contributed by atoms with Crippen LogP contribution < -0.4 is 5.32 Å². The zero-order chi connectivity index (χ0) is 12.7. The predicted molar refractivity (Wildman–Crippen MR) is 66.0 cm³/mol. The van der Waals surface area contributed by atoms with E-state index in [1.807, 2.05) is 0 Å². The number of rotatable bonds is 6. The van der Waals surface area contributed by atoms with Gasteiger partial charge in [0.25, 0.3) is 0 Å². The van der Waals surface area contributed by atoms with Crippen LogP contribution >= 0.6 is 0 Å². The van der Waals surface area contributed by atoms with E-state index in [4.69, 9.17) is 4.74 Å². The maximum atomic E-state index is 11.6. The van der Waals surface area contributed by atoms with E-state index in [0.29, 0.717) is 5.95 Å². The van der Waals surface area contributed by atoms with Crippen LogP contribution in [-0.2, 0) is 4.74 Å². The van der Waals surface area contributed by atoms with E-state index >= 15 is 0 Å². The number of carbonyl (C=O) groups is 1. The number of esters is 1. The Hall–Kier alpha value is -1.65. The van der Waals surface area contributed by atoms with Gasteiger partial charge < -0.3 is 10.1 Å². The van der Waals surface area contributed by atoms with Gasteiger partial charge in [-0.15, -0.1) is 0 Å². The number of hydrogen-bond acceptors (Lipinski definition) is 5. The lowest BCUT2D eigenvalue weighted by Crippen LogP contribution is -2.14. The molecule has 0 bridgehead atoms. The number of unbranched alkanes of at least 4 members (excludes halogenated alkanes) is 1. The van der Waals surface area contributed by atoms with Gasteiger partial charge in [0.05, 0.1) is 6.10 Å². The zero-order valence-electron chi connectivity index (χ0n) is 10.6. The summed E-state index contributed by atoms with van der Waals surface area (Å²) in [6, 6.07) is 1.55. The SMILES string of the molecule is CCCCNc1nccc(C(=O)OC(C)C)n1. The van der Waals surface area contributed by atoms with Gasteiger partial charge in [-0.05, 0) is 26.3 Å². The minimum Gasteiger partial charge on any atom is -0.458 e. The molecule has 5 heteroatoms. The number of carbonyl (C=O) groups excluding carboxylic acids is 1. The molecule has 0 saturated heterocycles. The number of hydrogen-bond donors (Lipinski definition) is 1. The molecule has 0 radical (unpaired) electrons. The number of nitrogens with zero attached hydrogens (tertiary/aromatic N) is 2. The molecule has 0 aliphatic heterocycles. The lowest BCUT2D eigenvalue weighted by Gasteiger charge is -2.08. The maximum absolute atomic E-state index is 11.6. The Balaban J connectivity index is 2.61. The molecule has 0 aromatic carbocycles. The minimum atomic E-state index is -0.416. The molecule has 94 valence electrons. The Bertz CT molecular complexity index is 367. The number of anilines is 1. The third-order valence-electron chi connectivity index (χ3n) is 2.02. The molecule has 0 aliphatic rings. The molecule has 0 amide bonds. The first kappa shape index (κ1) is 13.4. The van der Waals surface area contributed by atoms with Crippen molar-refractivity contribution in [2.45, 2.75) is 39.7 Å². The molecule has 17 heavy (non-hydrogen) atoms. The summed E-state index contributed by atoms with van der Waals surface area (Å²) in [4.78, 5) is 19.7. The van der Waals surface area contributed by atoms with E-state index in [1.165, 1.54) is 0 Å². The van der Waals surface area contributed by atoms with E-state index in [2.05, 4.69) is 22.2 Å². The number of ether oxygens (including phenoxy) is 1. The van der Waals surface area contributed by atoms with Crippen LogP contribution in [-0.4, -0.2) is 28.6 Å². The van der Waals surface area contributed by atoms with E-state index < -0.39 is 5.97 Å². The van der Waals surface area contributed by atoms with Gasteiger partial charge in [0.1, 0.15) is 0 Å². The van der Waals surface area contributed by atoms with Gasteiger partial charge in [0.2, 0.25) is 5.95 Å². The fourth-order valence-electron chi connectivity index (χ4n) is 1.21. The molecule has 1 aromatic heterocycles. The second-order valence-electron chi connectivity index (χ2n) is 4.00. The molecule has 5 nitrogen and oxygen atoms in total. The van der Waals surface area contributed by atoms with E-state index in [-0.39, 0.29) is 11.8 Å². The van der Waals surface area contributed by atoms with Crippen molar-refractivity contribution in [2.75, 3.05) is 11.9 Å². The molecule has 1 N–H and O–H groups in total. The highest BCUT2D eigenvalue weighted by Gasteiger charge is 2.11. The van der Waals surface area contributed by atoms with Crippen LogP contribution in [0, 0.1) is 0 Å². The third-order valence-corrected chi connectivity index (χ3v) is 2.02. The van der Waals surface area contributed by atoms with Crippen molar-refractivity contribution in [3.63, 3.8) is 0 Å². The molecule has 0 unspecified atom stereocenters. The molecule has 1 aromatic rings. The second kappa shape index (κ2) is 6.83. The molecule has 1 heterocycles. The number of aromatic nitrogens is 2. The molecule has 0 saturated carbocycles. The lowest BCUT2D eigenvalue weighted by atomic mass is 10.3. The highest BCUT2D eigenvalue weighted by molar-refractivity contribution is 5.87. The van der Waals surface area contributed by atoms with E-state index in [0.717, 1.165) is 19.4 Å². The summed E-state index contributed by atoms with van der Waals surface area (Å²) in [5.74, 6) is 0.0533. The van der Waals surface area contributed by atoms with E-state index in [1.54, 1.807) is 26.1 Å². The smallest absolute Gasteiger partial charge is 0.357 e. The maximum Gasteiger partial charge on any atom is 0.357 e. The monoisotopic (exact) mass is 237 g/mol. The average molecular weight is 237 g/mol. The highest BCUT2D eigenvalue weighted by Crippen LogP contribution is 2.04. The summed E-state index contributed by atoms with van der Waals surface area (Å²) in [6.45, 7) is 6.52. The van der Waals surface area contributed by atoms with Crippen LogP contribution in [0.1, 0.15) is 44.1 Å². The number of nitrogens with one attached hydrogen (secondary N) is 1.